The number of rotatable bonds is 14. The molecule has 216 valence electrons. The molecular weight excluding hydrogens is 524 g/mol. The zero-order chi connectivity index (χ0) is 29.3. The Morgan fingerprint density at radius 2 is 1.52 bits per heavy atom. The van der Waals surface area contributed by atoms with Crippen LogP contribution in [0.25, 0.3) is 33.1 Å². The van der Waals surface area contributed by atoms with E-state index in [-0.39, 0.29) is 24.0 Å². The summed E-state index contributed by atoms with van der Waals surface area (Å²) in [6, 6.07) is 25.6. The maximum Gasteiger partial charge on any atom is 0.242 e. The standard InChI is InChI=1S/C35H38N4O3/c1-24(40)12-4-2-7-19-32(38-33(41)22-26-23-37-30-17-10-8-15-27(26)30)35(42)36-21-20-29-28-16-9-11-18-31(28)39-34(29)25-13-5-3-6-14-25/h3,5-6,8-11,13-18,23,32,37,39H,2,4,7,12,19-22H2,1H3,(H,36,42)(H,38,41)/t32-/m1/s1. The van der Waals surface area contributed by atoms with Gasteiger partial charge in [-0.25, -0.2) is 0 Å². The number of aromatic nitrogens is 2. The summed E-state index contributed by atoms with van der Waals surface area (Å²) >= 11 is 0. The summed E-state index contributed by atoms with van der Waals surface area (Å²) < 4.78 is 0. The van der Waals surface area contributed by atoms with Crippen LogP contribution < -0.4 is 10.6 Å². The van der Waals surface area contributed by atoms with Crippen molar-refractivity contribution in [2.75, 3.05) is 6.54 Å². The molecule has 5 aromatic rings. The summed E-state index contributed by atoms with van der Waals surface area (Å²) in [5, 5.41) is 8.23. The van der Waals surface area contributed by atoms with Crippen molar-refractivity contribution in [2.24, 2.45) is 0 Å². The molecular formula is C35H38N4O3. The Morgan fingerprint density at radius 1 is 0.810 bits per heavy atom. The second-order valence-corrected chi connectivity index (χ2v) is 10.9. The molecule has 0 saturated heterocycles. The summed E-state index contributed by atoms with van der Waals surface area (Å²) in [5.74, 6) is -0.204. The average Bonchev–Trinajstić information content (AvgIpc) is 3.58. The number of unbranched alkanes of at least 4 members (excludes halogenated alkanes) is 2. The van der Waals surface area contributed by atoms with Crippen molar-refractivity contribution in [3.8, 4) is 11.3 Å². The second kappa shape index (κ2) is 13.8. The van der Waals surface area contributed by atoms with E-state index < -0.39 is 6.04 Å². The van der Waals surface area contributed by atoms with E-state index in [9.17, 15) is 14.4 Å². The summed E-state index contributed by atoms with van der Waals surface area (Å²) in [6.45, 7) is 2.04. The smallest absolute Gasteiger partial charge is 0.242 e. The molecule has 3 aromatic carbocycles. The van der Waals surface area contributed by atoms with E-state index in [4.69, 9.17) is 0 Å². The first-order chi connectivity index (χ1) is 20.5. The molecule has 7 heteroatoms. The number of hydrogen-bond donors (Lipinski definition) is 4. The van der Waals surface area contributed by atoms with Crippen LogP contribution in [0.15, 0.2) is 85.1 Å². The number of aromatic amines is 2. The summed E-state index contributed by atoms with van der Waals surface area (Å²) in [5.41, 5.74) is 6.25. The van der Waals surface area contributed by atoms with Crippen LogP contribution in [-0.2, 0) is 27.2 Å². The largest absolute Gasteiger partial charge is 0.361 e. The van der Waals surface area contributed by atoms with Crippen LogP contribution in [0.2, 0.25) is 0 Å². The van der Waals surface area contributed by atoms with Gasteiger partial charge >= 0.3 is 0 Å². The Hall–Kier alpha value is -4.65. The molecule has 2 amide bonds. The Labute approximate surface area is 246 Å². The lowest BCUT2D eigenvalue weighted by atomic mass is 10.0. The summed E-state index contributed by atoms with van der Waals surface area (Å²) in [6.07, 6.45) is 6.12. The molecule has 2 aromatic heterocycles. The number of carbonyl (C=O) groups excluding carboxylic acids is 3. The topological polar surface area (TPSA) is 107 Å². The normalized spacial score (nSPS) is 11.9. The predicted octanol–water partition coefficient (Wildman–Crippen LogP) is 6.24. The first-order valence-electron chi connectivity index (χ1n) is 14.8. The number of benzene rings is 3. The Bertz CT molecular complexity index is 1670. The van der Waals surface area contributed by atoms with Crippen molar-refractivity contribution in [2.45, 2.75) is 57.9 Å². The zero-order valence-corrected chi connectivity index (χ0v) is 24.0. The first kappa shape index (κ1) is 28.9. The number of carbonyl (C=O) groups is 3. The van der Waals surface area contributed by atoms with E-state index in [1.165, 1.54) is 0 Å². The summed E-state index contributed by atoms with van der Waals surface area (Å²) in [4.78, 5) is 44.6. The number of fused-ring (bicyclic) bond motifs is 2. The van der Waals surface area contributed by atoms with E-state index >= 15 is 0 Å². The molecule has 0 aliphatic carbocycles. The zero-order valence-electron chi connectivity index (χ0n) is 24.0. The van der Waals surface area contributed by atoms with Crippen molar-refractivity contribution in [3.63, 3.8) is 0 Å². The van der Waals surface area contributed by atoms with Crippen LogP contribution in [0.4, 0.5) is 0 Å². The highest BCUT2D eigenvalue weighted by atomic mass is 16.2. The minimum absolute atomic E-state index is 0.170. The van der Waals surface area contributed by atoms with Gasteiger partial charge in [0.25, 0.3) is 0 Å². The number of para-hydroxylation sites is 2. The quantitative estimate of drug-likeness (QED) is 0.120. The molecule has 0 saturated carbocycles. The first-order valence-corrected chi connectivity index (χ1v) is 14.8. The third-order valence-electron chi connectivity index (χ3n) is 7.75. The SMILES string of the molecule is CC(=O)CCCCC[C@@H](NC(=O)Cc1c[nH]c2ccccc12)C(=O)NCCc1c(-c2ccccc2)[nH]c2ccccc12. The van der Waals surface area contributed by atoms with E-state index in [1.54, 1.807) is 6.92 Å². The maximum absolute atomic E-state index is 13.4. The van der Waals surface area contributed by atoms with Gasteiger partial charge < -0.3 is 25.4 Å². The molecule has 0 radical (unpaired) electrons. The molecule has 7 nitrogen and oxygen atoms in total. The van der Waals surface area contributed by atoms with E-state index in [0.717, 1.165) is 63.5 Å². The molecule has 4 N–H and O–H groups in total. The lowest BCUT2D eigenvalue weighted by Crippen LogP contribution is -2.47. The van der Waals surface area contributed by atoms with Gasteiger partial charge in [0.15, 0.2) is 0 Å². The van der Waals surface area contributed by atoms with Crippen LogP contribution in [0.1, 0.15) is 50.2 Å². The van der Waals surface area contributed by atoms with Crippen LogP contribution in [-0.4, -0.2) is 40.2 Å². The Kier molecular flexibility index (Phi) is 9.49. The molecule has 0 aliphatic rings. The lowest BCUT2D eigenvalue weighted by molar-refractivity contribution is -0.128. The van der Waals surface area contributed by atoms with Crippen molar-refractivity contribution in [1.29, 1.82) is 0 Å². The third-order valence-corrected chi connectivity index (χ3v) is 7.75. The number of Topliss-reactive ketones (excluding diaryl/α,β-unsaturated/α-hetero) is 1. The molecule has 42 heavy (non-hydrogen) atoms. The van der Waals surface area contributed by atoms with Crippen LogP contribution in [0.5, 0.6) is 0 Å². The molecule has 5 rings (SSSR count). The molecule has 2 heterocycles. The van der Waals surface area contributed by atoms with Gasteiger partial charge in [0.2, 0.25) is 11.8 Å². The highest BCUT2D eigenvalue weighted by Gasteiger charge is 2.22. The van der Waals surface area contributed by atoms with Gasteiger partial charge in [0.1, 0.15) is 11.8 Å². The van der Waals surface area contributed by atoms with Gasteiger partial charge in [-0.1, -0.05) is 79.6 Å². The second-order valence-electron chi connectivity index (χ2n) is 10.9. The van der Waals surface area contributed by atoms with Gasteiger partial charge in [-0.15, -0.1) is 0 Å². The summed E-state index contributed by atoms with van der Waals surface area (Å²) in [7, 11) is 0. The molecule has 0 aliphatic heterocycles. The predicted molar refractivity (Wildman–Crippen MR) is 168 cm³/mol. The highest BCUT2D eigenvalue weighted by Crippen LogP contribution is 2.30. The fourth-order valence-corrected chi connectivity index (χ4v) is 5.61. The molecule has 0 fully saturated rings. The van der Waals surface area contributed by atoms with Crippen molar-refractivity contribution in [1.82, 2.24) is 20.6 Å². The third kappa shape index (κ3) is 7.16. The van der Waals surface area contributed by atoms with Crippen LogP contribution >= 0.6 is 0 Å². The highest BCUT2D eigenvalue weighted by molar-refractivity contribution is 5.93. The maximum atomic E-state index is 13.4. The Balaban J connectivity index is 1.25. The number of nitrogens with one attached hydrogen (secondary N) is 4. The lowest BCUT2D eigenvalue weighted by Gasteiger charge is -2.19. The minimum atomic E-state index is -0.642. The Morgan fingerprint density at radius 3 is 2.31 bits per heavy atom. The number of ketones is 1. The monoisotopic (exact) mass is 562 g/mol. The van der Waals surface area contributed by atoms with Crippen molar-refractivity contribution in [3.05, 3.63) is 96.2 Å². The molecule has 1 atom stereocenters. The van der Waals surface area contributed by atoms with E-state index in [2.05, 4.69) is 44.9 Å². The number of hydrogen-bond acceptors (Lipinski definition) is 3. The van der Waals surface area contributed by atoms with E-state index in [1.807, 2.05) is 60.8 Å². The van der Waals surface area contributed by atoms with Gasteiger partial charge in [0.05, 0.1) is 6.42 Å². The van der Waals surface area contributed by atoms with E-state index in [0.29, 0.717) is 25.8 Å². The van der Waals surface area contributed by atoms with Crippen molar-refractivity contribution < 1.29 is 14.4 Å². The van der Waals surface area contributed by atoms with Gasteiger partial charge in [-0.3, -0.25) is 9.59 Å². The van der Waals surface area contributed by atoms with Gasteiger partial charge in [0, 0.05) is 46.7 Å². The van der Waals surface area contributed by atoms with Gasteiger partial charge in [-0.2, -0.15) is 0 Å². The average molecular weight is 563 g/mol. The molecule has 0 spiro atoms. The molecule has 0 unspecified atom stereocenters. The fraction of sp³-hybridized carbons (Fsp3) is 0.286. The fourth-order valence-electron chi connectivity index (χ4n) is 5.61. The minimum Gasteiger partial charge on any atom is -0.361 e. The number of H-pyrrole nitrogens is 2. The van der Waals surface area contributed by atoms with Gasteiger partial charge in [-0.05, 0) is 55.0 Å². The van der Waals surface area contributed by atoms with Crippen LogP contribution in [0, 0.1) is 0 Å². The van der Waals surface area contributed by atoms with Crippen molar-refractivity contribution >= 4 is 39.4 Å². The van der Waals surface area contributed by atoms with Crippen LogP contribution in [0.3, 0.4) is 0 Å². The molecule has 0 bridgehead atoms. The number of amides is 2.